The smallest absolute Gasteiger partial charge is 0.407 e. The lowest BCUT2D eigenvalue weighted by molar-refractivity contribution is -0.385. The first-order valence-electron chi connectivity index (χ1n) is 10.2. The molecule has 1 N–H and O–H groups in total. The first-order valence-corrected chi connectivity index (χ1v) is 10.2. The van der Waals surface area contributed by atoms with E-state index in [0.717, 1.165) is 0 Å². The first-order chi connectivity index (χ1) is 15.5. The quantitative estimate of drug-likeness (QED) is 0.278. The lowest BCUT2D eigenvalue weighted by Crippen LogP contribution is -2.26. The van der Waals surface area contributed by atoms with E-state index in [1.165, 1.54) is 34.4 Å². The van der Waals surface area contributed by atoms with Crippen LogP contribution in [0.3, 0.4) is 0 Å². The third-order valence-corrected chi connectivity index (χ3v) is 5.33. The Hall–Kier alpha value is -4.18. The SMILES string of the molecule is Cc1nc(C#CCCNC(=O)OCC2c3ccccc3-c3ccccc32)ccc1[N+](=O)[O-]. The van der Waals surface area contributed by atoms with Gasteiger partial charge in [0, 0.05) is 24.9 Å². The van der Waals surface area contributed by atoms with Crippen molar-refractivity contribution in [2.45, 2.75) is 19.3 Å². The molecule has 7 nitrogen and oxygen atoms in total. The van der Waals surface area contributed by atoms with Gasteiger partial charge in [-0.1, -0.05) is 54.5 Å². The van der Waals surface area contributed by atoms with Crippen molar-refractivity contribution < 1.29 is 14.5 Å². The largest absolute Gasteiger partial charge is 0.449 e. The Morgan fingerprint density at radius 2 is 1.75 bits per heavy atom. The van der Waals surface area contributed by atoms with Crippen LogP contribution in [-0.2, 0) is 4.74 Å². The number of aryl methyl sites for hydroxylation is 1. The number of pyridine rings is 1. The average molecular weight is 427 g/mol. The van der Waals surface area contributed by atoms with Crippen LogP contribution >= 0.6 is 0 Å². The van der Waals surface area contributed by atoms with Gasteiger partial charge < -0.3 is 10.1 Å². The molecule has 1 aliphatic rings. The molecule has 0 atom stereocenters. The second-order valence-electron chi connectivity index (χ2n) is 7.36. The van der Waals surface area contributed by atoms with Crippen LogP contribution < -0.4 is 5.32 Å². The predicted octanol–water partition coefficient (Wildman–Crippen LogP) is 4.58. The molecule has 0 aliphatic heterocycles. The minimum absolute atomic E-state index is 0.0180. The molecule has 3 aromatic rings. The number of amides is 1. The number of fused-ring (bicyclic) bond motifs is 3. The number of aromatic nitrogens is 1. The van der Waals surface area contributed by atoms with E-state index in [9.17, 15) is 14.9 Å². The zero-order valence-corrected chi connectivity index (χ0v) is 17.5. The summed E-state index contributed by atoms with van der Waals surface area (Å²) in [7, 11) is 0. The maximum Gasteiger partial charge on any atom is 0.407 e. The standard InChI is InChI=1S/C25H21N3O4/c1-17-24(28(30)31)14-13-18(27-17)8-6-7-15-26-25(29)32-16-23-21-11-4-2-9-19(21)20-10-3-5-12-22(20)23/h2-5,9-14,23H,7,15-16H2,1H3,(H,26,29). The maximum absolute atomic E-state index is 12.1. The van der Waals surface area contributed by atoms with E-state index in [0.29, 0.717) is 24.4 Å². The summed E-state index contributed by atoms with van der Waals surface area (Å²) in [6.07, 6.45) is -0.0833. The van der Waals surface area contributed by atoms with Crippen LogP contribution in [0, 0.1) is 28.9 Å². The fraction of sp³-hybridized carbons (Fsp3) is 0.200. The van der Waals surface area contributed by atoms with Gasteiger partial charge in [-0.3, -0.25) is 10.1 Å². The fourth-order valence-corrected chi connectivity index (χ4v) is 3.85. The third-order valence-electron chi connectivity index (χ3n) is 5.33. The normalized spacial score (nSPS) is 11.7. The Labute approximate surface area is 185 Å². The molecule has 1 aliphatic carbocycles. The summed E-state index contributed by atoms with van der Waals surface area (Å²) < 4.78 is 5.48. The maximum atomic E-state index is 12.1. The highest BCUT2D eigenvalue weighted by Crippen LogP contribution is 2.44. The molecule has 1 heterocycles. The van der Waals surface area contributed by atoms with Gasteiger partial charge in [-0.15, -0.1) is 0 Å². The topological polar surface area (TPSA) is 94.4 Å². The fourth-order valence-electron chi connectivity index (χ4n) is 3.85. The van der Waals surface area contributed by atoms with Crippen molar-refractivity contribution in [1.29, 1.82) is 0 Å². The van der Waals surface area contributed by atoms with E-state index < -0.39 is 11.0 Å². The number of nitrogens with zero attached hydrogens (tertiary/aromatic N) is 2. The molecule has 0 spiro atoms. The first kappa shape index (κ1) is 21.1. The molecule has 7 heteroatoms. The van der Waals surface area contributed by atoms with E-state index in [1.54, 1.807) is 6.92 Å². The number of alkyl carbamates (subject to hydrolysis) is 1. The van der Waals surface area contributed by atoms with Crippen molar-refractivity contribution in [3.63, 3.8) is 0 Å². The number of carbonyl (C=O) groups excluding carboxylic acids is 1. The van der Waals surface area contributed by atoms with Crippen molar-refractivity contribution in [3.8, 4) is 23.0 Å². The van der Waals surface area contributed by atoms with E-state index in [-0.39, 0.29) is 18.2 Å². The summed E-state index contributed by atoms with van der Waals surface area (Å²) in [5.41, 5.74) is 5.43. The number of rotatable bonds is 5. The monoisotopic (exact) mass is 427 g/mol. The molecular formula is C25H21N3O4. The molecule has 0 unspecified atom stereocenters. The van der Waals surface area contributed by atoms with Crippen LogP contribution in [-0.4, -0.2) is 29.2 Å². The molecule has 0 bridgehead atoms. The summed E-state index contributed by atoms with van der Waals surface area (Å²) in [5, 5.41) is 13.5. The van der Waals surface area contributed by atoms with E-state index in [1.807, 2.05) is 24.3 Å². The zero-order valence-electron chi connectivity index (χ0n) is 17.5. The van der Waals surface area contributed by atoms with Gasteiger partial charge in [-0.25, -0.2) is 9.78 Å². The summed E-state index contributed by atoms with van der Waals surface area (Å²) in [5.74, 6) is 5.77. The molecule has 0 radical (unpaired) electrons. The van der Waals surface area contributed by atoms with Gasteiger partial charge in [0.2, 0.25) is 0 Å². The summed E-state index contributed by atoms with van der Waals surface area (Å²) in [6.45, 7) is 2.16. The van der Waals surface area contributed by atoms with Gasteiger partial charge in [-0.2, -0.15) is 0 Å². The predicted molar refractivity (Wildman–Crippen MR) is 120 cm³/mol. The number of ether oxygens (including phenoxy) is 1. The number of benzene rings is 2. The Balaban J connectivity index is 1.28. The number of carbonyl (C=O) groups is 1. The van der Waals surface area contributed by atoms with Crippen molar-refractivity contribution >= 4 is 11.8 Å². The van der Waals surface area contributed by atoms with Crippen LogP contribution in [0.4, 0.5) is 10.5 Å². The van der Waals surface area contributed by atoms with Gasteiger partial charge in [0.25, 0.3) is 5.69 Å². The number of nitrogens with one attached hydrogen (secondary N) is 1. The summed E-state index contributed by atoms with van der Waals surface area (Å²) in [6, 6.07) is 19.3. The number of hydrogen-bond acceptors (Lipinski definition) is 5. The molecule has 32 heavy (non-hydrogen) atoms. The Morgan fingerprint density at radius 3 is 2.38 bits per heavy atom. The van der Waals surface area contributed by atoms with E-state index in [2.05, 4.69) is 46.4 Å². The second kappa shape index (κ2) is 9.31. The van der Waals surface area contributed by atoms with Crippen molar-refractivity contribution in [2.75, 3.05) is 13.2 Å². The molecule has 160 valence electrons. The lowest BCUT2D eigenvalue weighted by atomic mass is 9.98. The van der Waals surface area contributed by atoms with Crippen LogP contribution in [0.1, 0.15) is 34.9 Å². The molecule has 1 amide bonds. The van der Waals surface area contributed by atoms with Gasteiger partial charge in [0.05, 0.1) is 4.92 Å². The molecule has 2 aromatic carbocycles. The van der Waals surface area contributed by atoms with Crippen LogP contribution in [0.25, 0.3) is 11.1 Å². The highest BCUT2D eigenvalue weighted by atomic mass is 16.6. The van der Waals surface area contributed by atoms with Gasteiger partial charge >= 0.3 is 6.09 Å². The van der Waals surface area contributed by atoms with Gasteiger partial charge in [-0.05, 0) is 41.2 Å². The summed E-state index contributed by atoms with van der Waals surface area (Å²) >= 11 is 0. The highest BCUT2D eigenvalue weighted by Gasteiger charge is 2.28. The summed E-state index contributed by atoms with van der Waals surface area (Å²) in [4.78, 5) is 26.6. The van der Waals surface area contributed by atoms with Crippen molar-refractivity contribution in [3.05, 3.63) is 93.3 Å². The number of hydrogen-bond donors (Lipinski definition) is 1. The average Bonchev–Trinajstić information content (AvgIpc) is 3.11. The third kappa shape index (κ3) is 4.44. The minimum atomic E-state index is -0.488. The molecule has 1 aromatic heterocycles. The molecular weight excluding hydrogens is 406 g/mol. The molecule has 0 saturated heterocycles. The van der Waals surface area contributed by atoms with E-state index >= 15 is 0 Å². The lowest BCUT2D eigenvalue weighted by Gasteiger charge is -2.14. The van der Waals surface area contributed by atoms with Gasteiger partial charge in [0.15, 0.2) is 0 Å². The van der Waals surface area contributed by atoms with Crippen LogP contribution in [0.15, 0.2) is 60.7 Å². The Bertz CT molecular complexity index is 1200. The zero-order chi connectivity index (χ0) is 22.5. The van der Waals surface area contributed by atoms with Crippen LogP contribution in [0.5, 0.6) is 0 Å². The minimum Gasteiger partial charge on any atom is -0.449 e. The number of nitro groups is 1. The van der Waals surface area contributed by atoms with Gasteiger partial charge in [0.1, 0.15) is 18.0 Å². The molecule has 0 fully saturated rings. The van der Waals surface area contributed by atoms with E-state index in [4.69, 9.17) is 4.74 Å². The highest BCUT2D eigenvalue weighted by molar-refractivity contribution is 5.79. The van der Waals surface area contributed by atoms with Crippen LogP contribution in [0.2, 0.25) is 0 Å². The molecule has 0 saturated carbocycles. The Morgan fingerprint density at radius 1 is 1.09 bits per heavy atom. The second-order valence-corrected chi connectivity index (χ2v) is 7.36. The van der Waals surface area contributed by atoms with Crippen molar-refractivity contribution in [2.24, 2.45) is 0 Å². The Kier molecular flexibility index (Phi) is 6.13. The molecule has 4 rings (SSSR count). The van der Waals surface area contributed by atoms with Crippen molar-refractivity contribution in [1.82, 2.24) is 10.3 Å².